The van der Waals surface area contributed by atoms with E-state index in [0.717, 1.165) is 19.4 Å². The van der Waals surface area contributed by atoms with Gasteiger partial charge in [0.15, 0.2) is 0 Å². The summed E-state index contributed by atoms with van der Waals surface area (Å²) in [5.41, 5.74) is 7.60. The maximum Gasteiger partial charge on any atom is 0.0703 e. The molecule has 4 nitrogen and oxygen atoms in total. The number of hydrogen-bond donors (Lipinski definition) is 1. The van der Waals surface area contributed by atoms with Gasteiger partial charge in [-0.2, -0.15) is 0 Å². The van der Waals surface area contributed by atoms with Gasteiger partial charge in [-0.05, 0) is 44.5 Å². The maximum atomic E-state index is 6.36. The van der Waals surface area contributed by atoms with Gasteiger partial charge in [0.25, 0.3) is 0 Å². The predicted octanol–water partition coefficient (Wildman–Crippen LogP) is 1.97. The number of nitrogens with zero attached hydrogens (tertiary/aromatic N) is 2. The van der Waals surface area contributed by atoms with Crippen molar-refractivity contribution in [1.82, 2.24) is 9.88 Å². The molecule has 2 N–H and O–H groups in total. The Hall–Kier alpha value is -0.970. The molecule has 1 aromatic rings. The third-order valence-corrected chi connectivity index (χ3v) is 4.22. The van der Waals surface area contributed by atoms with E-state index < -0.39 is 0 Å². The van der Waals surface area contributed by atoms with Gasteiger partial charge in [-0.15, -0.1) is 0 Å². The van der Waals surface area contributed by atoms with E-state index in [1.807, 2.05) is 12.4 Å². The molecule has 2 rings (SSSR count). The zero-order valence-electron chi connectivity index (χ0n) is 12.1. The SMILES string of the molecule is CCC(N)C(c1ccncc1)N(C)C1CCOC1C. The summed E-state index contributed by atoms with van der Waals surface area (Å²) in [7, 11) is 2.16. The molecule has 1 fully saturated rings. The Labute approximate surface area is 116 Å². The summed E-state index contributed by atoms with van der Waals surface area (Å²) >= 11 is 0. The third-order valence-electron chi connectivity index (χ3n) is 4.22. The summed E-state index contributed by atoms with van der Waals surface area (Å²) in [5, 5.41) is 0. The van der Waals surface area contributed by atoms with Crippen molar-refractivity contribution in [3.8, 4) is 0 Å². The molecule has 1 aliphatic rings. The largest absolute Gasteiger partial charge is 0.377 e. The summed E-state index contributed by atoms with van der Waals surface area (Å²) in [5.74, 6) is 0. The van der Waals surface area contributed by atoms with Crippen molar-refractivity contribution in [2.45, 2.75) is 50.9 Å². The van der Waals surface area contributed by atoms with Crippen LogP contribution in [0.1, 0.15) is 38.3 Å². The predicted molar refractivity (Wildman–Crippen MR) is 76.8 cm³/mol. The normalized spacial score (nSPS) is 26.6. The fraction of sp³-hybridized carbons (Fsp3) is 0.667. The highest BCUT2D eigenvalue weighted by atomic mass is 16.5. The molecule has 1 saturated heterocycles. The lowest BCUT2D eigenvalue weighted by Crippen LogP contribution is -2.46. The first kappa shape index (κ1) is 14.4. The number of likely N-dealkylation sites (N-methyl/N-ethyl adjacent to an activating group) is 1. The van der Waals surface area contributed by atoms with E-state index in [0.29, 0.717) is 6.04 Å². The van der Waals surface area contributed by atoms with Gasteiger partial charge in [0.2, 0.25) is 0 Å². The molecule has 0 aromatic carbocycles. The highest BCUT2D eigenvalue weighted by molar-refractivity contribution is 5.18. The molecule has 0 bridgehead atoms. The van der Waals surface area contributed by atoms with E-state index in [-0.39, 0.29) is 18.2 Å². The van der Waals surface area contributed by atoms with Crippen LogP contribution in [0.15, 0.2) is 24.5 Å². The second kappa shape index (κ2) is 6.46. The summed E-state index contributed by atoms with van der Waals surface area (Å²) in [6.07, 6.45) is 5.99. The van der Waals surface area contributed by atoms with Crippen molar-refractivity contribution in [2.75, 3.05) is 13.7 Å². The van der Waals surface area contributed by atoms with Gasteiger partial charge in [0.1, 0.15) is 0 Å². The van der Waals surface area contributed by atoms with E-state index in [4.69, 9.17) is 10.5 Å². The van der Waals surface area contributed by atoms with Crippen LogP contribution < -0.4 is 5.73 Å². The second-order valence-electron chi connectivity index (χ2n) is 5.39. The van der Waals surface area contributed by atoms with Gasteiger partial charge in [-0.1, -0.05) is 6.92 Å². The third kappa shape index (κ3) is 3.14. The molecule has 4 atom stereocenters. The molecule has 1 aromatic heterocycles. The Balaban J connectivity index is 2.22. The highest BCUT2D eigenvalue weighted by Crippen LogP contribution is 2.30. The molecule has 4 unspecified atom stereocenters. The van der Waals surface area contributed by atoms with Gasteiger partial charge < -0.3 is 10.5 Å². The van der Waals surface area contributed by atoms with Gasteiger partial charge in [-0.25, -0.2) is 0 Å². The molecule has 0 spiro atoms. The van der Waals surface area contributed by atoms with Crippen LogP contribution in [-0.4, -0.2) is 41.7 Å². The Kier molecular flexibility index (Phi) is 4.91. The van der Waals surface area contributed by atoms with Crippen LogP contribution in [0.2, 0.25) is 0 Å². The van der Waals surface area contributed by atoms with Gasteiger partial charge in [-0.3, -0.25) is 9.88 Å². The number of rotatable bonds is 5. The Morgan fingerprint density at radius 2 is 2.16 bits per heavy atom. The summed E-state index contributed by atoms with van der Waals surface area (Å²) in [6, 6.07) is 4.92. The smallest absolute Gasteiger partial charge is 0.0703 e. The van der Waals surface area contributed by atoms with Gasteiger partial charge >= 0.3 is 0 Å². The lowest BCUT2D eigenvalue weighted by molar-refractivity contribution is 0.0608. The van der Waals surface area contributed by atoms with Crippen molar-refractivity contribution >= 4 is 0 Å². The minimum absolute atomic E-state index is 0.125. The van der Waals surface area contributed by atoms with Crippen molar-refractivity contribution in [3.63, 3.8) is 0 Å². The molecule has 106 valence electrons. The molecule has 0 aliphatic carbocycles. The first-order valence-corrected chi connectivity index (χ1v) is 7.14. The quantitative estimate of drug-likeness (QED) is 0.882. The highest BCUT2D eigenvalue weighted by Gasteiger charge is 2.34. The van der Waals surface area contributed by atoms with Crippen LogP contribution in [0.4, 0.5) is 0 Å². The first-order valence-electron chi connectivity index (χ1n) is 7.14. The van der Waals surface area contributed by atoms with E-state index in [9.17, 15) is 0 Å². The molecular weight excluding hydrogens is 238 g/mol. The monoisotopic (exact) mass is 263 g/mol. The Morgan fingerprint density at radius 3 is 2.68 bits per heavy atom. The average molecular weight is 263 g/mol. The number of aromatic nitrogens is 1. The lowest BCUT2D eigenvalue weighted by Gasteiger charge is -2.37. The van der Waals surface area contributed by atoms with Crippen LogP contribution in [0.5, 0.6) is 0 Å². The van der Waals surface area contributed by atoms with Crippen LogP contribution in [0.3, 0.4) is 0 Å². The summed E-state index contributed by atoms with van der Waals surface area (Å²) in [6.45, 7) is 5.14. The first-order chi connectivity index (χ1) is 9.15. The zero-order valence-corrected chi connectivity index (χ0v) is 12.1. The van der Waals surface area contributed by atoms with E-state index in [1.165, 1.54) is 5.56 Å². The standard InChI is InChI=1S/C15H25N3O/c1-4-13(16)15(12-5-8-17-9-6-12)18(3)14-7-10-19-11(14)2/h5-6,8-9,11,13-15H,4,7,10,16H2,1-3H3. The van der Waals surface area contributed by atoms with Crippen LogP contribution in [-0.2, 0) is 4.74 Å². The molecule has 19 heavy (non-hydrogen) atoms. The molecule has 4 heteroatoms. The van der Waals surface area contributed by atoms with Crippen molar-refractivity contribution in [3.05, 3.63) is 30.1 Å². The van der Waals surface area contributed by atoms with Crippen LogP contribution >= 0.6 is 0 Å². The Bertz CT molecular complexity index is 384. The molecule has 1 aliphatic heterocycles. The number of hydrogen-bond acceptors (Lipinski definition) is 4. The fourth-order valence-corrected chi connectivity index (χ4v) is 3.03. The lowest BCUT2D eigenvalue weighted by atomic mass is 9.95. The fourth-order valence-electron chi connectivity index (χ4n) is 3.03. The number of pyridine rings is 1. The van der Waals surface area contributed by atoms with E-state index in [2.05, 4.69) is 42.9 Å². The maximum absolute atomic E-state index is 6.36. The van der Waals surface area contributed by atoms with E-state index >= 15 is 0 Å². The van der Waals surface area contributed by atoms with Crippen molar-refractivity contribution in [1.29, 1.82) is 0 Å². The summed E-state index contributed by atoms with van der Waals surface area (Å²) in [4.78, 5) is 6.49. The molecule has 0 radical (unpaired) electrons. The van der Waals surface area contributed by atoms with Crippen LogP contribution in [0, 0.1) is 0 Å². The topological polar surface area (TPSA) is 51.4 Å². The Morgan fingerprint density at radius 1 is 1.47 bits per heavy atom. The minimum Gasteiger partial charge on any atom is -0.377 e. The number of ether oxygens (including phenoxy) is 1. The molecule has 0 saturated carbocycles. The molecule has 0 amide bonds. The average Bonchev–Trinajstić information content (AvgIpc) is 2.86. The van der Waals surface area contributed by atoms with Crippen molar-refractivity contribution in [2.24, 2.45) is 5.73 Å². The van der Waals surface area contributed by atoms with Crippen LogP contribution in [0.25, 0.3) is 0 Å². The zero-order chi connectivity index (χ0) is 13.8. The molecular formula is C15H25N3O. The minimum atomic E-state index is 0.125. The second-order valence-corrected chi connectivity index (χ2v) is 5.39. The van der Waals surface area contributed by atoms with Gasteiger partial charge in [0.05, 0.1) is 12.1 Å². The van der Waals surface area contributed by atoms with Gasteiger partial charge in [0, 0.05) is 31.1 Å². The molecule has 2 heterocycles. The van der Waals surface area contributed by atoms with Crippen molar-refractivity contribution < 1.29 is 4.74 Å². The summed E-state index contributed by atoms with van der Waals surface area (Å²) < 4.78 is 5.69. The number of nitrogens with two attached hydrogens (primary N) is 1. The van der Waals surface area contributed by atoms with E-state index in [1.54, 1.807) is 0 Å².